The Hall–Kier alpha value is -3.07. The minimum Gasteiger partial charge on any atom is -0.380 e. The molecule has 1 saturated carbocycles. The molecule has 0 radical (unpaired) electrons. The maximum atomic E-state index is 12.4. The minimum atomic E-state index is -1.17. The molecule has 3 heterocycles. The molecular weight excluding hydrogens is 432 g/mol. The molecule has 5 nitrogen and oxygen atoms in total. The summed E-state index contributed by atoms with van der Waals surface area (Å²) in [6.07, 6.45) is 7.21. The smallest absolute Gasteiger partial charge is 0.124 e. The molecule has 1 saturated heterocycles. The molecule has 0 unspecified atom stereocenters. The molecule has 0 amide bonds. The zero-order chi connectivity index (χ0) is 24.8. The maximum Gasteiger partial charge on any atom is 0.124 e. The number of rotatable bonds is 5. The Morgan fingerprint density at radius 2 is 1.74 bits per heavy atom. The van der Waals surface area contributed by atoms with Crippen molar-refractivity contribution in [1.82, 2.24) is 19.9 Å². The number of benzene rings is 1. The molecule has 1 atom stereocenters. The molecule has 2 aromatic heterocycles. The van der Waals surface area contributed by atoms with Crippen LogP contribution < -0.4 is 0 Å². The number of likely N-dealkylation sites (tertiary alicyclic amines) is 1. The Morgan fingerprint density at radius 3 is 2.34 bits per heavy atom. The van der Waals surface area contributed by atoms with Gasteiger partial charge in [0.05, 0.1) is 11.1 Å². The molecular formula is C30H34N4O. The second-order valence-electron chi connectivity index (χ2n) is 11.1. The summed E-state index contributed by atoms with van der Waals surface area (Å²) in [7, 11) is 2.09. The van der Waals surface area contributed by atoms with Crippen LogP contribution in [0.25, 0.3) is 0 Å². The van der Waals surface area contributed by atoms with Crippen molar-refractivity contribution in [3.8, 4) is 11.8 Å². The van der Waals surface area contributed by atoms with E-state index in [1.165, 1.54) is 5.56 Å². The van der Waals surface area contributed by atoms with E-state index in [-0.39, 0.29) is 10.8 Å². The quantitative estimate of drug-likeness (QED) is 0.558. The number of nitrogens with zero attached hydrogens (tertiary/aromatic N) is 4. The van der Waals surface area contributed by atoms with Gasteiger partial charge in [0.2, 0.25) is 0 Å². The van der Waals surface area contributed by atoms with Crippen LogP contribution in [0.1, 0.15) is 73.2 Å². The van der Waals surface area contributed by atoms with Gasteiger partial charge in [0.25, 0.3) is 0 Å². The second kappa shape index (κ2) is 8.55. The predicted octanol–water partition coefficient (Wildman–Crippen LogP) is 4.57. The van der Waals surface area contributed by atoms with Gasteiger partial charge in [-0.25, -0.2) is 9.97 Å². The van der Waals surface area contributed by atoms with Gasteiger partial charge in [-0.15, -0.1) is 0 Å². The molecule has 1 N–H and O–H groups in total. The van der Waals surface area contributed by atoms with E-state index in [2.05, 4.69) is 83.8 Å². The van der Waals surface area contributed by atoms with Crippen LogP contribution in [0.15, 0.2) is 55.1 Å². The van der Waals surface area contributed by atoms with Crippen LogP contribution in [-0.4, -0.2) is 45.1 Å². The van der Waals surface area contributed by atoms with Gasteiger partial charge in [0, 0.05) is 47.7 Å². The highest BCUT2D eigenvalue weighted by Gasteiger charge is 2.55. The molecule has 1 aliphatic carbocycles. The van der Waals surface area contributed by atoms with E-state index in [4.69, 9.17) is 0 Å². The molecule has 35 heavy (non-hydrogen) atoms. The molecule has 1 aliphatic heterocycles. The van der Waals surface area contributed by atoms with Gasteiger partial charge in [0.15, 0.2) is 0 Å². The van der Waals surface area contributed by atoms with Crippen molar-refractivity contribution in [2.24, 2.45) is 5.41 Å². The molecule has 0 spiro atoms. The molecule has 1 aromatic carbocycles. The monoisotopic (exact) mass is 466 g/mol. The van der Waals surface area contributed by atoms with Crippen molar-refractivity contribution in [3.05, 3.63) is 88.8 Å². The first-order valence-corrected chi connectivity index (χ1v) is 12.4. The van der Waals surface area contributed by atoms with Gasteiger partial charge in [-0.1, -0.05) is 56.9 Å². The largest absolute Gasteiger partial charge is 0.380 e. The maximum absolute atomic E-state index is 12.4. The Balaban J connectivity index is 1.53. The van der Waals surface area contributed by atoms with Gasteiger partial charge in [-0.05, 0) is 56.0 Å². The van der Waals surface area contributed by atoms with Crippen LogP contribution in [-0.2, 0) is 11.0 Å². The van der Waals surface area contributed by atoms with Crippen molar-refractivity contribution >= 4 is 0 Å². The number of aliphatic hydroxyl groups is 1. The summed E-state index contributed by atoms with van der Waals surface area (Å²) in [5.74, 6) is 7.27. The van der Waals surface area contributed by atoms with E-state index in [1.807, 2.05) is 19.1 Å². The van der Waals surface area contributed by atoms with Crippen molar-refractivity contribution in [3.63, 3.8) is 0 Å². The number of aromatic nitrogens is 3. The summed E-state index contributed by atoms with van der Waals surface area (Å²) < 4.78 is 0. The zero-order valence-corrected chi connectivity index (χ0v) is 21.3. The third-order valence-corrected chi connectivity index (χ3v) is 7.75. The molecule has 0 bridgehead atoms. The van der Waals surface area contributed by atoms with Crippen LogP contribution in [0.3, 0.4) is 0 Å². The molecule has 5 heteroatoms. The van der Waals surface area contributed by atoms with Crippen LogP contribution in [0.2, 0.25) is 0 Å². The van der Waals surface area contributed by atoms with Gasteiger partial charge >= 0.3 is 0 Å². The fourth-order valence-electron chi connectivity index (χ4n) is 5.53. The highest BCUT2D eigenvalue weighted by molar-refractivity contribution is 5.47. The number of hydrogen-bond donors (Lipinski definition) is 1. The average Bonchev–Trinajstić information content (AvgIpc) is 3.63. The Bertz CT molecular complexity index is 1290. The summed E-state index contributed by atoms with van der Waals surface area (Å²) in [6.45, 7) is 10.1. The van der Waals surface area contributed by atoms with Crippen molar-refractivity contribution < 1.29 is 5.11 Å². The Labute approximate surface area is 208 Å². The van der Waals surface area contributed by atoms with E-state index in [0.29, 0.717) is 5.92 Å². The van der Waals surface area contributed by atoms with E-state index >= 15 is 0 Å². The van der Waals surface area contributed by atoms with Gasteiger partial charge in [-0.3, -0.25) is 4.98 Å². The van der Waals surface area contributed by atoms with E-state index in [9.17, 15) is 5.11 Å². The van der Waals surface area contributed by atoms with E-state index in [0.717, 1.165) is 54.0 Å². The van der Waals surface area contributed by atoms with E-state index < -0.39 is 5.60 Å². The normalized spacial score (nSPS) is 19.9. The highest BCUT2D eigenvalue weighted by atomic mass is 16.3. The lowest BCUT2D eigenvalue weighted by molar-refractivity contribution is -0.127. The summed E-state index contributed by atoms with van der Waals surface area (Å²) >= 11 is 0. The lowest BCUT2D eigenvalue weighted by atomic mass is 9.62. The standard InChI is InChI=1S/C30H34N4O/c1-21(2)24-6-8-25(9-7-24)30(35,28(4)18-34(5)19-28)26-15-23(16-31-17-26)10-11-29(12-13-29)27-14-22(3)32-20-33-27/h6-9,14-17,20-21,35H,12-13,18-19H2,1-5H3/t30-/m0/s1. The van der Waals surface area contributed by atoms with Crippen LogP contribution in [0.4, 0.5) is 0 Å². The van der Waals surface area contributed by atoms with E-state index in [1.54, 1.807) is 18.7 Å². The lowest BCUT2D eigenvalue weighted by Crippen LogP contribution is -2.63. The third kappa shape index (κ3) is 4.16. The summed E-state index contributed by atoms with van der Waals surface area (Å²) in [4.78, 5) is 15.5. The topological polar surface area (TPSA) is 62.1 Å². The average molecular weight is 467 g/mol. The molecule has 2 aliphatic rings. The van der Waals surface area contributed by atoms with Crippen molar-refractivity contribution in [2.45, 2.75) is 57.5 Å². The highest BCUT2D eigenvalue weighted by Crippen LogP contribution is 2.50. The third-order valence-electron chi connectivity index (χ3n) is 7.75. The minimum absolute atomic E-state index is 0.199. The molecule has 3 aromatic rings. The fourth-order valence-corrected chi connectivity index (χ4v) is 5.53. The number of hydrogen-bond acceptors (Lipinski definition) is 5. The van der Waals surface area contributed by atoms with Gasteiger partial charge in [-0.2, -0.15) is 0 Å². The first-order chi connectivity index (χ1) is 16.7. The first kappa shape index (κ1) is 23.7. The van der Waals surface area contributed by atoms with Gasteiger partial charge < -0.3 is 10.0 Å². The molecule has 2 fully saturated rings. The Morgan fingerprint density at radius 1 is 1.03 bits per heavy atom. The Kier molecular flexibility index (Phi) is 5.78. The fraction of sp³-hybridized carbons (Fsp3) is 0.433. The SMILES string of the molecule is Cc1cc(C2(C#Cc3cncc([C@@](O)(c4ccc(C(C)C)cc4)C4(C)CN(C)C4)c3)CC2)ncn1. The summed E-state index contributed by atoms with van der Waals surface area (Å²) in [5, 5.41) is 12.4. The van der Waals surface area contributed by atoms with Gasteiger partial charge in [0.1, 0.15) is 11.9 Å². The lowest BCUT2D eigenvalue weighted by Gasteiger charge is -2.55. The van der Waals surface area contributed by atoms with Crippen LogP contribution >= 0.6 is 0 Å². The van der Waals surface area contributed by atoms with Crippen LogP contribution in [0.5, 0.6) is 0 Å². The first-order valence-electron chi connectivity index (χ1n) is 12.4. The summed E-state index contributed by atoms with van der Waals surface area (Å²) in [5.41, 5.74) is 4.03. The molecule has 5 rings (SSSR count). The summed E-state index contributed by atoms with van der Waals surface area (Å²) in [6, 6.07) is 12.5. The zero-order valence-electron chi connectivity index (χ0n) is 21.3. The number of aryl methyl sites for hydroxylation is 1. The van der Waals surface area contributed by atoms with Crippen molar-refractivity contribution in [1.29, 1.82) is 0 Å². The predicted molar refractivity (Wildman–Crippen MR) is 138 cm³/mol. The number of pyridine rings is 1. The van der Waals surface area contributed by atoms with Crippen molar-refractivity contribution in [2.75, 3.05) is 20.1 Å². The molecule has 180 valence electrons. The van der Waals surface area contributed by atoms with Crippen LogP contribution in [0, 0.1) is 24.2 Å². The second-order valence-corrected chi connectivity index (χ2v) is 11.1.